The standard InChI is InChI=1S/C29H42N6/c1-3-4-8-15-30-29-31-20-26-27(22-35(28(26)32-29)25-9-6-5-7-10-25)24-13-11-23(12-14-24)21-34-18-16-33(2)17-19-34/h11-14,20,22,25H,3-10,15-19,21H2,1-2H3,(H,30,31,32). The van der Waals surface area contributed by atoms with Gasteiger partial charge in [0.25, 0.3) is 0 Å². The first-order chi connectivity index (χ1) is 17.2. The van der Waals surface area contributed by atoms with Gasteiger partial charge in [0.2, 0.25) is 5.95 Å². The van der Waals surface area contributed by atoms with Gasteiger partial charge in [-0.2, -0.15) is 4.98 Å². The number of nitrogens with one attached hydrogen (secondary N) is 1. The van der Waals surface area contributed by atoms with Crippen LogP contribution in [0.15, 0.2) is 36.7 Å². The van der Waals surface area contributed by atoms with Crippen molar-refractivity contribution in [2.75, 3.05) is 45.1 Å². The number of likely N-dealkylation sites (N-methyl/N-ethyl adjacent to an activating group) is 1. The minimum absolute atomic E-state index is 0.541. The van der Waals surface area contributed by atoms with E-state index in [1.807, 2.05) is 6.20 Å². The van der Waals surface area contributed by atoms with Crippen molar-refractivity contribution in [1.82, 2.24) is 24.3 Å². The molecule has 0 bridgehead atoms. The molecule has 0 atom stereocenters. The Morgan fingerprint density at radius 2 is 1.74 bits per heavy atom. The maximum absolute atomic E-state index is 5.03. The molecule has 6 nitrogen and oxygen atoms in total. The van der Waals surface area contributed by atoms with Gasteiger partial charge < -0.3 is 14.8 Å². The van der Waals surface area contributed by atoms with Gasteiger partial charge in [-0.3, -0.25) is 4.90 Å². The van der Waals surface area contributed by atoms with E-state index in [1.54, 1.807) is 0 Å². The minimum atomic E-state index is 0.541. The molecule has 35 heavy (non-hydrogen) atoms. The summed E-state index contributed by atoms with van der Waals surface area (Å²) in [5.41, 5.74) is 5.00. The predicted octanol–water partition coefficient (Wildman–Crippen LogP) is 5.95. The smallest absolute Gasteiger partial charge is 0.224 e. The van der Waals surface area contributed by atoms with Gasteiger partial charge in [-0.05, 0) is 37.4 Å². The molecule has 1 aliphatic heterocycles. The lowest BCUT2D eigenvalue weighted by Gasteiger charge is -2.32. The van der Waals surface area contributed by atoms with Crippen LogP contribution in [0.1, 0.15) is 69.9 Å². The number of piperazine rings is 1. The molecule has 3 aromatic rings. The highest BCUT2D eigenvalue weighted by atomic mass is 15.2. The average Bonchev–Trinajstić information content (AvgIpc) is 3.28. The Morgan fingerprint density at radius 3 is 2.49 bits per heavy atom. The highest BCUT2D eigenvalue weighted by Crippen LogP contribution is 2.36. The van der Waals surface area contributed by atoms with Crippen LogP contribution in [0, 0.1) is 0 Å². The van der Waals surface area contributed by atoms with Crippen LogP contribution in [0.2, 0.25) is 0 Å². The maximum Gasteiger partial charge on any atom is 0.224 e. The van der Waals surface area contributed by atoms with Crippen LogP contribution < -0.4 is 5.32 Å². The molecule has 0 radical (unpaired) electrons. The van der Waals surface area contributed by atoms with Crippen LogP contribution in [0.3, 0.4) is 0 Å². The molecule has 0 amide bonds. The van der Waals surface area contributed by atoms with Crippen molar-refractivity contribution in [3.05, 3.63) is 42.2 Å². The Hall–Kier alpha value is -2.44. The third kappa shape index (κ3) is 5.87. The van der Waals surface area contributed by atoms with Crippen molar-refractivity contribution in [2.24, 2.45) is 0 Å². The van der Waals surface area contributed by atoms with Gasteiger partial charge in [0.05, 0.1) is 0 Å². The van der Waals surface area contributed by atoms with E-state index >= 15 is 0 Å². The molecule has 3 heterocycles. The molecule has 5 rings (SSSR count). The van der Waals surface area contributed by atoms with Crippen LogP contribution in [-0.4, -0.2) is 64.1 Å². The summed E-state index contributed by atoms with van der Waals surface area (Å²) in [6, 6.07) is 9.74. The summed E-state index contributed by atoms with van der Waals surface area (Å²) in [7, 11) is 2.21. The van der Waals surface area contributed by atoms with Gasteiger partial charge in [0, 0.05) is 68.7 Å². The third-order valence-electron chi connectivity index (χ3n) is 7.87. The minimum Gasteiger partial charge on any atom is -0.354 e. The van der Waals surface area contributed by atoms with E-state index in [-0.39, 0.29) is 0 Å². The van der Waals surface area contributed by atoms with E-state index in [1.165, 1.54) is 67.0 Å². The predicted molar refractivity (Wildman–Crippen MR) is 146 cm³/mol. The Kier molecular flexibility index (Phi) is 7.99. The molecule has 0 unspecified atom stereocenters. The largest absolute Gasteiger partial charge is 0.354 e. The molecule has 2 aromatic heterocycles. The fraction of sp³-hybridized carbons (Fsp3) is 0.586. The molecule has 0 spiro atoms. The SMILES string of the molecule is CCCCCNc1ncc2c(-c3ccc(CN4CCN(C)CC4)cc3)cn(C3CCCCC3)c2n1. The van der Waals surface area contributed by atoms with E-state index in [4.69, 9.17) is 9.97 Å². The van der Waals surface area contributed by atoms with Gasteiger partial charge in [-0.25, -0.2) is 4.98 Å². The van der Waals surface area contributed by atoms with Crippen LogP contribution in [0.25, 0.3) is 22.2 Å². The van der Waals surface area contributed by atoms with Crippen LogP contribution in [0.4, 0.5) is 5.95 Å². The summed E-state index contributed by atoms with van der Waals surface area (Å²) in [6.45, 7) is 8.83. The number of fused-ring (bicyclic) bond motifs is 1. The van der Waals surface area contributed by atoms with Crippen LogP contribution in [-0.2, 0) is 6.54 Å². The van der Waals surface area contributed by atoms with Gasteiger partial charge in [0.1, 0.15) is 5.65 Å². The summed E-state index contributed by atoms with van der Waals surface area (Å²) >= 11 is 0. The summed E-state index contributed by atoms with van der Waals surface area (Å²) < 4.78 is 2.46. The highest BCUT2D eigenvalue weighted by Gasteiger charge is 2.21. The van der Waals surface area contributed by atoms with E-state index in [0.717, 1.165) is 57.3 Å². The molecular formula is C29H42N6. The number of rotatable bonds is 9. The monoisotopic (exact) mass is 474 g/mol. The third-order valence-corrected chi connectivity index (χ3v) is 7.87. The molecule has 6 heteroatoms. The summed E-state index contributed by atoms with van der Waals surface area (Å²) in [5.74, 6) is 0.762. The van der Waals surface area contributed by atoms with E-state index < -0.39 is 0 Å². The van der Waals surface area contributed by atoms with E-state index in [2.05, 4.69) is 64.1 Å². The van der Waals surface area contributed by atoms with Gasteiger partial charge in [-0.1, -0.05) is 63.3 Å². The first kappa shape index (κ1) is 24.3. The Balaban J connectivity index is 1.39. The zero-order chi connectivity index (χ0) is 24.0. The molecule has 1 aromatic carbocycles. The number of hydrogen-bond donors (Lipinski definition) is 1. The van der Waals surface area contributed by atoms with Crippen molar-refractivity contribution >= 4 is 17.0 Å². The lowest BCUT2D eigenvalue weighted by atomic mass is 9.95. The fourth-order valence-corrected chi connectivity index (χ4v) is 5.61. The first-order valence-corrected chi connectivity index (χ1v) is 13.8. The topological polar surface area (TPSA) is 49.2 Å². The average molecular weight is 475 g/mol. The molecule has 1 aliphatic carbocycles. The number of hydrogen-bond acceptors (Lipinski definition) is 5. The van der Waals surface area contributed by atoms with Crippen LogP contribution in [0.5, 0.6) is 0 Å². The quantitative estimate of drug-likeness (QED) is 0.388. The van der Waals surface area contributed by atoms with E-state index in [9.17, 15) is 0 Å². The number of aromatic nitrogens is 3. The Bertz CT molecular complexity index is 1070. The molecule has 1 saturated heterocycles. The number of anilines is 1. The number of unbranched alkanes of at least 4 members (excludes halogenated alkanes) is 2. The van der Waals surface area contributed by atoms with Gasteiger partial charge in [0.15, 0.2) is 0 Å². The molecule has 2 aliphatic rings. The molecule has 1 N–H and O–H groups in total. The van der Waals surface area contributed by atoms with Crippen molar-refractivity contribution in [3.63, 3.8) is 0 Å². The maximum atomic E-state index is 5.03. The van der Waals surface area contributed by atoms with Crippen molar-refractivity contribution in [3.8, 4) is 11.1 Å². The van der Waals surface area contributed by atoms with Gasteiger partial charge in [-0.15, -0.1) is 0 Å². The summed E-state index contributed by atoms with van der Waals surface area (Å²) in [5, 5.41) is 4.62. The van der Waals surface area contributed by atoms with E-state index in [0.29, 0.717) is 6.04 Å². The van der Waals surface area contributed by atoms with Crippen molar-refractivity contribution in [1.29, 1.82) is 0 Å². The summed E-state index contributed by atoms with van der Waals surface area (Å²) in [6.07, 6.45) is 14.5. The molecular weight excluding hydrogens is 432 g/mol. The first-order valence-electron chi connectivity index (χ1n) is 13.8. The number of benzene rings is 1. The van der Waals surface area contributed by atoms with Crippen molar-refractivity contribution < 1.29 is 0 Å². The highest BCUT2D eigenvalue weighted by molar-refractivity contribution is 5.94. The molecule has 188 valence electrons. The van der Waals surface area contributed by atoms with Crippen molar-refractivity contribution in [2.45, 2.75) is 70.9 Å². The molecule has 1 saturated carbocycles. The Labute approximate surface area is 210 Å². The zero-order valence-corrected chi connectivity index (χ0v) is 21.7. The molecule has 2 fully saturated rings. The van der Waals surface area contributed by atoms with Gasteiger partial charge >= 0.3 is 0 Å². The summed E-state index contributed by atoms with van der Waals surface area (Å²) in [4.78, 5) is 14.7. The second kappa shape index (κ2) is 11.5. The van der Waals surface area contributed by atoms with Crippen LogP contribution >= 0.6 is 0 Å². The normalized spacial score (nSPS) is 18.3. The number of nitrogens with zero attached hydrogens (tertiary/aromatic N) is 5. The fourth-order valence-electron chi connectivity index (χ4n) is 5.61. The second-order valence-electron chi connectivity index (χ2n) is 10.6. The zero-order valence-electron chi connectivity index (χ0n) is 21.7. The Morgan fingerprint density at radius 1 is 0.971 bits per heavy atom. The second-order valence-corrected chi connectivity index (χ2v) is 10.6. The lowest BCUT2D eigenvalue weighted by Crippen LogP contribution is -2.43. The lowest BCUT2D eigenvalue weighted by molar-refractivity contribution is 0.148.